The number of hydrogen-bond donors (Lipinski definition) is 1. The number of phenols is 1. The van der Waals surface area contributed by atoms with E-state index in [2.05, 4.69) is 26.5 Å². The lowest BCUT2D eigenvalue weighted by atomic mass is 10.0. The number of benzene rings is 2. The average molecular weight is 581 g/mol. The number of anilines is 1. The van der Waals surface area contributed by atoms with Gasteiger partial charge in [-0.1, -0.05) is 24.2 Å². The van der Waals surface area contributed by atoms with Crippen LogP contribution < -0.4 is 9.64 Å². The predicted octanol–water partition coefficient (Wildman–Crippen LogP) is 4.96. The lowest BCUT2D eigenvalue weighted by molar-refractivity contribution is -0.128. The summed E-state index contributed by atoms with van der Waals surface area (Å²) < 4.78 is 36.9. The summed E-state index contributed by atoms with van der Waals surface area (Å²) in [4.78, 5) is 33.3. The van der Waals surface area contributed by atoms with E-state index in [0.717, 1.165) is 6.07 Å². The third-order valence-electron chi connectivity index (χ3n) is 7.01. The summed E-state index contributed by atoms with van der Waals surface area (Å²) in [7, 11) is 0. The summed E-state index contributed by atoms with van der Waals surface area (Å²) in [5, 5.41) is 10.5. The summed E-state index contributed by atoms with van der Waals surface area (Å²) >= 11 is 6.54. The molecule has 1 aliphatic rings. The summed E-state index contributed by atoms with van der Waals surface area (Å²) in [6.45, 7) is 8.29. The summed E-state index contributed by atoms with van der Waals surface area (Å²) in [6, 6.07) is 4.58. The van der Waals surface area contributed by atoms with Crippen LogP contribution in [0.3, 0.4) is 0 Å². The van der Waals surface area contributed by atoms with Crippen molar-refractivity contribution in [2.45, 2.75) is 32.4 Å². The number of hydrogen-bond acceptors (Lipinski definition) is 8. The number of nitrogens with zero attached hydrogens (tertiary/aromatic N) is 6. The molecule has 0 spiro atoms. The quantitative estimate of drug-likeness (QED) is 0.306. The minimum atomic E-state index is -0.934. The van der Waals surface area contributed by atoms with E-state index in [-0.39, 0.29) is 57.7 Å². The molecule has 9 nitrogen and oxygen atoms in total. The Hall–Kier alpha value is -4.38. The second kappa shape index (κ2) is 11.6. The van der Waals surface area contributed by atoms with Gasteiger partial charge in [-0.15, -0.1) is 0 Å². The largest absolute Gasteiger partial charge is 0.507 e. The minimum absolute atomic E-state index is 0.106. The van der Waals surface area contributed by atoms with E-state index in [1.807, 2.05) is 18.7 Å². The summed E-state index contributed by atoms with van der Waals surface area (Å²) in [6.07, 6.45) is 6.41. The number of fused-ring (bicyclic) bond motifs is 1. The molecule has 212 valence electrons. The van der Waals surface area contributed by atoms with Crippen molar-refractivity contribution in [1.29, 1.82) is 0 Å². The molecule has 3 heterocycles. The van der Waals surface area contributed by atoms with Crippen molar-refractivity contribution in [2.24, 2.45) is 0 Å². The maximum Gasteiger partial charge on any atom is 0.319 e. The van der Waals surface area contributed by atoms with Crippen LogP contribution >= 0.6 is 11.6 Å². The summed E-state index contributed by atoms with van der Waals surface area (Å²) in [5.41, 5.74) is -0.168. The maximum absolute atomic E-state index is 16.3. The third kappa shape index (κ3) is 5.49. The molecule has 2 atom stereocenters. The Morgan fingerprint density at radius 1 is 1.20 bits per heavy atom. The third-order valence-corrected chi connectivity index (χ3v) is 7.30. The highest BCUT2D eigenvalue weighted by molar-refractivity contribution is 6.34. The molecular formula is C29H27ClF2N6O3. The Labute approximate surface area is 240 Å². The molecule has 1 N–H and O–H groups in total. The Morgan fingerprint density at radius 2 is 2.00 bits per heavy atom. The van der Waals surface area contributed by atoms with Crippen molar-refractivity contribution in [3.05, 3.63) is 77.9 Å². The normalized spacial score (nSPS) is 17.1. The number of rotatable bonds is 7. The molecule has 1 amide bonds. The first-order valence-corrected chi connectivity index (χ1v) is 13.3. The van der Waals surface area contributed by atoms with Crippen LogP contribution in [0.5, 0.6) is 11.8 Å². The first-order valence-electron chi connectivity index (χ1n) is 12.9. The van der Waals surface area contributed by atoms with Crippen molar-refractivity contribution >= 4 is 34.2 Å². The molecule has 0 unspecified atom stereocenters. The van der Waals surface area contributed by atoms with Gasteiger partial charge >= 0.3 is 6.01 Å². The zero-order valence-electron chi connectivity index (χ0n) is 22.4. The molecule has 2 aromatic carbocycles. The SMILES string of the molecule is C=CC(=O)N1C[C@H](C)N(c2nc(OCCc3cnccn3)nc3c(F)c(-c4c(O)cccc4F)c(Cl)cc23)C[C@H]1C. The molecule has 41 heavy (non-hydrogen) atoms. The van der Waals surface area contributed by atoms with E-state index in [1.54, 1.807) is 23.5 Å². The second-order valence-corrected chi connectivity index (χ2v) is 10.2. The lowest BCUT2D eigenvalue weighted by Crippen LogP contribution is -2.58. The zero-order chi connectivity index (χ0) is 29.3. The van der Waals surface area contributed by atoms with Crippen LogP contribution in [0, 0.1) is 11.6 Å². The number of phenolic OH excluding ortho intramolecular Hbond substituents is 1. The number of carbonyl (C=O) groups excluding carboxylic acids is 1. The maximum atomic E-state index is 16.3. The fourth-order valence-corrected chi connectivity index (χ4v) is 5.27. The second-order valence-electron chi connectivity index (χ2n) is 9.75. The van der Waals surface area contributed by atoms with Crippen molar-refractivity contribution in [3.8, 4) is 22.9 Å². The first kappa shape index (κ1) is 28.2. The number of aromatic nitrogens is 4. The number of ether oxygens (including phenoxy) is 1. The first-order chi connectivity index (χ1) is 19.7. The molecule has 2 aromatic heterocycles. The Balaban J connectivity index is 1.62. The number of carbonyl (C=O) groups is 1. The standard InChI is InChI=1S/C29H27ClF2N6O3/c1-4-23(40)37-14-17(3)38(15-16(37)2)28-19-12-20(30)24(25-21(31)6-5-7-22(25)39)26(32)27(19)35-29(36-28)41-11-8-18-13-33-9-10-34-18/h4-7,9-10,12-13,16-17,39H,1,8,11,14-15H2,2-3H3/t16-,17+/m1/s1. The topological polar surface area (TPSA) is 105 Å². The van der Waals surface area contributed by atoms with Gasteiger partial charge in [-0.2, -0.15) is 9.97 Å². The van der Waals surface area contributed by atoms with Gasteiger partial charge in [0.05, 0.1) is 22.9 Å². The van der Waals surface area contributed by atoms with Gasteiger partial charge in [0, 0.05) is 61.1 Å². The van der Waals surface area contributed by atoms with Gasteiger partial charge in [-0.05, 0) is 38.1 Å². The van der Waals surface area contributed by atoms with Gasteiger partial charge in [-0.25, -0.2) is 8.78 Å². The van der Waals surface area contributed by atoms with E-state index in [4.69, 9.17) is 16.3 Å². The van der Waals surface area contributed by atoms with Crippen LogP contribution in [0.1, 0.15) is 19.5 Å². The Kier molecular flexibility index (Phi) is 7.98. The number of piperazine rings is 1. The van der Waals surface area contributed by atoms with Gasteiger partial charge in [0.25, 0.3) is 0 Å². The van der Waals surface area contributed by atoms with Crippen LogP contribution in [0.2, 0.25) is 5.02 Å². The van der Waals surface area contributed by atoms with E-state index >= 15 is 4.39 Å². The highest BCUT2D eigenvalue weighted by Gasteiger charge is 2.34. The molecule has 4 aromatic rings. The van der Waals surface area contributed by atoms with E-state index in [0.29, 0.717) is 31.0 Å². The van der Waals surface area contributed by atoms with Crippen LogP contribution in [-0.2, 0) is 11.2 Å². The van der Waals surface area contributed by atoms with Crippen LogP contribution in [-0.4, -0.2) is 67.6 Å². The smallest absolute Gasteiger partial charge is 0.319 e. The highest BCUT2D eigenvalue weighted by Crippen LogP contribution is 2.43. The number of aromatic hydroxyl groups is 1. The molecule has 0 bridgehead atoms. The number of amides is 1. The van der Waals surface area contributed by atoms with Crippen molar-refractivity contribution in [3.63, 3.8) is 0 Å². The summed E-state index contributed by atoms with van der Waals surface area (Å²) in [5.74, 6) is -2.08. The van der Waals surface area contributed by atoms with Gasteiger partial charge < -0.3 is 19.6 Å². The lowest BCUT2D eigenvalue weighted by Gasteiger charge is -2.44. The zero-order valence-corrected chi connectivity index (χ0v) is 23.1. The van der Waals surface area contributed by atoms with Crippen molar-refractivity contribution in [2.75, 3.05) is 24.6 Å². The molecule has 0 radical (unpaired) electrons. The fourth-order valence-electron chi connectivity index (χ4n) is 4.98. The minimum Gasteiger partial charge on any atom is -0.507 e. The molecule has 0 saturated carbocycles. The average Bonchev–Trinajstić information content (AvgIpc) is 2.95. The molecule has 1 saturated heterocycles. The van der Waals surface area contributed by atoms with Gasteiger partial charge in [0.15, 0.2) is 5.82 Å². The Bertz CT molecular complexity index is 1600. The molecule has 5 rings (SSSR count). The molecular weight excluding hydrogens is 554 g/mol. The van der Waals surface area contributed by atoms with Gasteiger partial charge in [0.1, 0.15) is 22.9 Å². The van der Waals surface area contributed by atoms with Crippen molar-refractivity contribution < 1.29 is 23.4 Å². The monoisotopic (exact) mass is 580 g/mol. The Morgan fingerprint density at radius 3 is 2.71 bits per heavy atom. The van der Waals surface area contributed by atoms with Gasteiger partial charge in [-0.3, -0.25) is 14.8 Å². The van der Waals surface area contributed by atoms with Crippen LogP contribution in [0.15, 0.2) is 55.5 Å². The molecule has 1 fully saturated rings. The van der Waals surface area contributed by atoms with Crippen molar-refractivity contribution in [1.82, 2.24) is 24.8 Å². The molecule has 1 aliphatic heterocycles. The highest BCUT2D eigenvalue weighted by atomic mass is 35.5. The van der Waals surface area contributed by atoms with Crippen LogP contribution in [0.4, 0.5) is 14.6 Å². The van der Waals surface area contributed by atoms with Crippen LogP contribution in [0.25, 0.3) is 22.0 Å². The predicted molar refractivity (Wildman–Crippen MR) is 151 cm³/mol. The fraction of sp³-hybridized carbons (Fsp3) is 0.276. The van der Waals surface area contributed by atoms with E-state index in [9.17, 15) is 14.3 Å². The van der Waals surface area contributed by atoms with Gasteiger partial charge in [0.2, 0.25) is 5.91 Å². The number of halogens is 3. The molecule has 12 heteroatoms. The van der Waals surface area contributed by atoms with E-state index < -0.39 is 17.4 Å². The van der Waals surface area contributed by atoms with E-state index in [1.165, 1.54) is 24.3 Å². The molecule has 0 aliphatic carbocycles.